The molecule has 0 spiro atoms. The fourth-order valence-electron chi connectivity index (χ4n) is 1.99. The van der Waals surface area contributed by atoms with Crippen LogP contribution in [0.2, 0.25) is 0 Å². The average molecular weight is 392 g/mol. The molecule has 1 heterocycles. The van der Waals surface area contributed by atoms with Gasteiger partial charge in [-0.2, -0.15) is 0 Å². The van der Waals surface area contributed by atoms with Crippen molar-refractivity contribution in [1.82, 2.24) is 10.2 Å². The van der Waals surface area contributed by atoms with E-state index in [1.807, 2.05) is 31.2 Å². The number of carbonyl (C=O) groups excluding carboxylic acids is 1. The second-order valence-electron chi connectivity index (χ2n) is 5.33. The average Bonchev–Trinajstić information content (AvgIpc) is 3.06. The van der Waals surface area contributed by atoms with Gasteiger partial charge in [-0.3, -0.25) is 4.79 Å². The van der Waals surface area contributed by atoms with Crippen LogP contribution in [0.5, 0.6) is 0 Å². The molecular weight excluding hydrogens is 378 g/mol. The molecule has 0 bridgehead atoms. The largest absolute Gasteiger partial charge is 0.330 e. The number of amides is 1. The lowest BCUT2D eigenvalue weighted by atomic mass is 10.2. The summed E-state index contributed by atoms with van der Waals surface area (Å²) in [5, 5.41) is 14.1. The third-order valence-corrected chi connectivity index (χ3v) is 5.21. The summed E-state index contributed by atoms with van der Waals surface area (Å²) in [5.41, 5.74) is 1.86. The molecule has 26 heavy (non-hydrogen) atoms. The number of hydrogen-bond acceptors (Lipinski definition) is 6. The zero-order chi connectivity index (χ0) is 18.5. The van der Waals surface area contributed by atoms with Crippen molar-refractivity contribution in [3.63, 3.8) is 0 Å². The Balaban J connectivity index is 1.53. The van der Waals surface area contributed by atoms with Gasteiger partial charge in [0.25, 0.3) is 0 Å². The van der Waals surface area contributed by atoms with Crippen molar-refractivity contribution in [2.45, 2.75) is 11.3 Å². The molecular formula is C17H14F2N4OS2. The standard InChI is InChI=1S/C17H14F2N4OS2/c1-10-2-5-12(6-3-10)20-16-22-23-17(26-16)25-9-15(24)21-14-8-11(18)4-7-13(14)19/h2-8H,9H2,1H3,(H,20,22)(H,21,24). The first-order valence-electron chi connectivity index (χ1n) is 7.54. The first kappa shape index (κ1) is 18.3. The van der Waals surface area contributed by atoms with Crippen LogP contribution in [0.15, 0.2) is 46.8 Å². The molecule has 0 saturated heterocycles. The highest BCUT2D eigenvalue weighted by atomic mass is 32.2. The Hall–Kier alpha value is -2.52. The highest BCUT2D eigenvalue weighted by molar-refractivity contribution is 8.01. The summed E-state index contributed by atoms with van der Waals surface area (Å²) in [5.74, 6) is -1.76. The lowest BCUT2D eigenvalue weighted by Crippen LogP contribution is -2.15. The minimum Gasteiger partial charge on any atom is -0.330 e. The third-order valence-electron chi connectivity index (χ3n) is 3.24. The predicted molar refractivity (Wildman–Crippen MR) is 100 cm³/mol. The first-order valence-corrected chi connectivity index (χ1v) is 9.35. The van der Waals surface area contributed by atoms with Crippen LogP contribution in [0.1, 0.15) is 5.56 Å². The van der Waals surface area contributed by atoms with E-state index >= 15 is 0 Å². The summed E-state index contributed by atoms with van der Waals surface area (Å²) < 4.78 is 27.2. The van der Waals surface area contributed by atoms with Crippen LogP contribution in [-0.4, -0.2) is 21.9 Å². The summed E-state index contributed by atoms with van der Waals surface area (Å²) in [6.45, 7) is 2.00. The zero-order valence-corrected chi connectivity index (χ0v) is 15.3. The Kier molecular flexibility index (Phi) is 5.79. The van der Waals surface area contributed by atoms with Gasteiger partial charge in [0.2, 0.25) is 11.0 Å². The quantitative estimate of drug-likeness (QED) is 0.600. The van der Waals surface area contributed by atoms with Gasteiger partial charge in [0.15, 0.2) is 4.34 Å². The third kappa shape index (κ3) is 4.99. The van der Waals surface area contributed by atoms with Gasteiger partial charge in [-0.1, -0.05) is 40.8 Å². The summed E-state index contributed by atoms with van der Waals surface area (Å²) in [6.07, 6.45) is 0. The molecule has 1 aromatic heterocycles. The number of nitrogens with one attached hydrogen (secondary N) is 2. The highest BCUT2D eigenvalue weighted by Crippen LogP contribution is 2.28. The topological polar surface area (TPSA) is 66.9 Å². The molecule has 3 rings (SSSR count). The van der Waals surface area contributed by atoms with E-state index in [4.69, 9.17) is 0 Å². The van der Waals surface area contributed by atoms with E-state index in [1.165, 1.54) is 23.1 Å². The van der Waals surface area contributed by atoms with Crippen LogP contribution in [0.3, 0.4) is 0 Å². The van der Waals surface area contributed by atoms with Crippen molar-refractivity contribution in [3.8, 4) is 0 Å². The Morgan fingerprint density at radius 1 is 1.15 bits per heavy atom. The number of halogens is 2. The van der Waals surface area contributed by atoms with E-state index in [0.29, 0.717) is 9.47 Å². The molecule has 5 nitrogen and oxygen atoms in total. The number of aromatic nitrogens is 2. The van der Waals surface area contributed by atoms with Gasteiger partial charge in [0.05, 0.1) is 11.4 Å². The molecule has 134 valence electrons. The lowest BCUT2D eigenvalue weighted by molar-refractivity contribution is -0.113. The van der Waals surface area contributed by atoms with Crippen molar-refractivity contribution in [1.29, 1.82) is 0 Å². The molecule has 9 heteroatoms. The Morgan fingerprint density at radius 3 is 2.69 bits per heavy atom. The maximum atomic E-state index is 13.5. The van der Waals surface area contributed by atoms with E-state index in [2.05, 4.69) is 20.8 Å². The number of hydrogen-bond donors (Lipinski definition) is 2. The molecule has 0 fully saturated rings. The van der Waals surface area contributed by atoms with Crippen LogP contribution in [-0.2, 0) is 4.79 Å². The van der Waals surface area contributed by atoms with Crippen molar-refractivity contribution >= 4 is 45.5 Å². The maximum absolute atomic E-state index is 13.5. The second-order valence-corrected chi connectivity index (χ2v) is 7.53. The first-order chi connectivity index (χ1) is 12.5. The summed E-state index contributed by atoms with van der Waals surface area (Å²) in [4.78, 5) is 11.9. The molecule has 0 aliphatic heterocycles. The van der Waals surface area contributed by atoms with Gasteiger partial charge in [0, 0.05) is 11.8 Å². The molecule has 0 radical (unpaired) electrons. The fraction of sp³-hybridized carbons (Fsp3) is 0.118. The molecule has 2 aromatic carbocycles. The SMILES string of the molecule is Cc1ccc(Nc2nnc(SCC(=O)Nc3cc(F)ccc3F)s2)cc1. The van der Waals surface area contributed by atoms with Crippen LogP contribution in [0.25, 0.3) is 0 Å². The summed E-state index contributed by atoms with van der Waals surface area (Å²) in [7, 11) is 0. The van der Waals surface area contributed by atoms with Crippen LogP contribution < -0.4 is 10.6 Å². The van der Waals surface area contributed by atoms with Crippen LogP contribution >= 0.6 is 23.1 Å². The number of benzene rings is 2. The van der Waals surface area contributed by atoms with Crippen molar-refractivity contribution in [3.05, 3.63) is 59.7 Å². The van der Waals surface area contributed by atoms with Gasteiger partial charge < -0.3 is 10.6 Å². The predicted octanol–water partition coefficient (Wildman–Crippen LogP) is 4.60. The minimum absolute atomic E-state index is 0.00905. The summed E-state index contributed by atoms with van der Waals surface area (Å²) in [6, 6.07) is 10.7. The van der Waals surface area contributed by atoms with Gasteiger partial charge in [-0.05, 0) is 31.2 Å². The smallest absolute Gasteiger partial charge is 0.234 e. The maximum Gasteiger partial charge on any atom is 0.234 e. The number of carbonyl (C=O) groups is 1. The number of thioether (sulfide) groups is 1. The van der Waals surface area contributed by atoms with E-state index in [0.717, 1.165) is 29.4 Å². The van der Waals surface area contributed by atoms with Crippen molar-refractivity contribution in [2.75, 3.05) is 16.4 Å². The zero-order valence-electron chi connectivity index (χ0n) is 13.6. The Bertz CT molecular complexity index is 915. The monoisotopic (exact) mass is 392 g/mol. The van der Waals surface area contributed by atoms with Gasteiger partial charge in [-0.25, -0.2) is 8.78 Å². The van der Waals surface area contributed by atoms with Crippen LogP contribution in [0.4, 0.5) is 25.3 Å². The summed E-state index contributed by atoms with van der Waals surface area (Å²) >= 11 is 2.47. The number of nitrogens with zero attached hydrogens (tertiary/aromatic N) is 2. The molecule has 1 amide bonds. The minimum atomic E-state index is -0.690. The molecule has 3 aromatic rings. The van der Waals surface area contributed by atoms with Crippen LogP contribution in [0, 0.1) is 18.6 Å². The second kappa shape index (κ2) is 8.24. The fourth-order valence-corrected chi connectivity index (χ4v) is 3.56. The molecule has 0 unspecified atom stereocenters. The van der Waals surface area contributed by atoms with E-state index in [-0.39, 0.29) is 11.4 Å². The van der Waals surface area contributed by atoms with Crippen molar-refractivity contribution < 1.29 is 13.6 Å². The van der Waals surface area contributed by atoms with Gasteiger partial charge in [0.1, 0.15) is 11.6 Å². The number of anilines is 3. The van der Waals surface area contributed by atoms with E-state index in [1.54, 1.807) is 0 Å². The Labute approximate surface area is 156 Å². The Morgan fingerprint density at radius 2 is 1.92 bits per heavy atom. The molecule has 0 aliphatic carbocycles. The molecule has 2 N–H and O–H groups in total. The molecule has 0 aliphatic rings. The number of aryl methyl sites for hydroxylation is 1. The highest BCUT2D eigenvalue weighted by Gasteiger charge is 2.11. The molecule has 0 atom stereocenters. The lowest BCUT2D eigenvalue weighted by Gasteiger charge is -2.05. The number of rotatable bonds is 6. The van der Waals surface area contributed by atoms with Gasteiger partial charge >= 0.3 is 0 Å². The normalized spacial score (nSPS) is 10.6. The van der Waals surface area contributed by atoms with E-state index in [9.17, 15) is 13.6 Å². The van der Waals surface area contributed by atoms with E-state index < -0.39 is 17.5 Å². The van der Waals surface area contributed by atoms with Crippen molar-refractivity contribution in [2.24, 2.45) is 0 Å². The molecule has 0 saturated carbocycles. The van der Waals surface area contributed by atoms with Gasteiger partial charge in [-0.15, -0.1) is 10.2 Å².